The van der Waals surface area contributed by atoms with Gasteiger partial charge >= 0.3 is 12.4 Å². The molecule has 2 aromatic rings. The highest BCUT2D eigenvalue weighted by atomic mass is 79.9. The van der Waals surface area contributed by atoms with Crippen LogP contribution in [0.3, 0.4) is 0 Å². The quantitative estimate of drug-likeness (QED) is 0.329. The molecule has 2 aromatic carbocycles. The van der Waals surface area contributed by atoms with E-state index in [0.29, 0.717) is 6.07 Å². The fourth-order valence-corrected chi connectivity index (χ4v) is 3.44. The van der Waals surface area contributed by atoms with Gasteiger partial charge in [0, 0.05) is 20.6 Å². The van der Waals surface area contributed by atoms with E-state index in [0.717, 1.165) is 24.3 Å². The van der Waals surface area contributed by atoms with Crippen molar-refractivity contribution in [2.45, 2.75) is 18.3 Å². The molecular weight excluding hydrogens is 493 g/mol. The molecule has 0 saturated heterocycles. The molecule has 1 unspecified atom stereocenters. The Balaban J connectivity index is 2.60. The lowest BCUT2D eigenvalue weighted by Gasteiger charge is -2.19. The van der Waals surface area contributed by atoms with E-state index in [2.05, 4.69) is 22.5 Å². The zero-order valence-electron chi connectivity index (χ0n) is 14.2. The molecule has 0 aliphatic heterocycles. The van der Waals surface area contributed by atoms with Crippen molar-refractivity contribution in [2.75, 3.05) is 0 Å². The molecule has 0 aliphatic rings. The van der Waals surface area contributed by atoms with Gasteiger partial charge in [0.15, 0.2) is 0 Å². The number of aliphatic hydroxyl groups excluding tert-OH is 1. The first-order valence-electron chi connectivity index (χ1n) is 7.70. The zero-order chi connectivity index (χ0) is 22.1. The van der Waals surface area contributed by atoms with Crippen LogP contribution >= 0.6 is 27.5 Å². The molecule has 1 N–H and O–H groups in total. The molecule has 0 fully saturated rings. The van der Waals surface area contributed by atoms with Crippen LogP contribution in [0.25, 0.3) is 11.6 Å². The summed E-state index contributed by atoms with van der Waals surface area (Å²) in [5.41, 5.74) is -3.28. The number of aliphatic hydroxyl groups is 1. The van der Waals surface area contributed by atoms with E-state index in [1.807, 2.05) is 0 Å². The molecule has 10 heteroatoms. The fourth-order valence-electron chi connectivity index (χ4n) is 2.56. The highest BCUT2D eigenvalue weighted by molar-refractivity contribution is 9.10. The Morgan fingerprint density at radius 1 is 1.07 bits per heavy atom. The monoisotopic (exact) mass is 502 g/mol. The van der Waals surface area contributed by atoms with E-state index < -0.39 is 52.1 Å². The second kappa shape index (κ2) is 8.39. The Kier molecular flexibility index (Phi) is 6.74. The van der Waals surface area contributed by atoms with E-state index in [1.54, 1.807) is 0 Å². The third-order valence-corrected chi connectivity index (χ3v) is 4.50. The average molecular weight is 504 g/mol. The van der Waals surface area contributed by atoms with E-state index in [9.17, 15) is 35.8 Å². The maximum atomic E-state index is 14.6. The van der Waals surface area contributed by atoms with Crippen LogP contribution in [-0.2, 0) is 6.18 Å². The molecule has 2 rings (SSSR count). The van der Waals surface area contributed by atoms with Crippen molar-refractivity contribution >= 4 is 39.1 Å². The lowest BCUT2D eigenvalue weighted by Crippen LogP contribution is -2.19. The van der Waals surface area contributed by atoms with E-state index in [1.165, 1.54) is 6.07 Å². The van der Waals surface area contributed by atoms with Crippen molar-refractivity contribution in [3.8, 4) is 0 Å². The summed E-state index contributed by atoms with van der Waals surface area (Å²) in [6, 6.07) is 5.24. The van der Waals surface area contributed by atoms with Gasteiger partial charge in [0.1, 0.15) is 17.5 Å². The van der Waals surface area contributed by atoms with Crippen LogP contribution in [0.1, 0.15) is 28.2 Å². The lowest BCUT2D eigenvalue weighted by molar-refractivity contribution is -0.140. The Morgan fingerprint density at radius 3 is 2.17 bits per heavy atom. The second-order valence-corrected chi connectivity index (χ2v) is 7.29. The van der Waals surface area contributed by atoms with Crippen LogP contribution in [-0.4, -0.2) is 11.3 Å². The molecule has 156 valence electrons. The first-order chi connectivity index (χ1) is 13.2. The van der Waals surface area contributed by atoms with Gasteiger partial charge in [-0.15, -0.1) is 0 Å². The van der Waals surface area contributed by atoms with Crippen LogP contribution in [0.4, 0.5) is 30.7 Å². The molecule has 29 heavy (non-hydrogen) atoms. The number of hydrogen-bond donors (Lipinski definition) is 1. The number of halogens is 9. The third-order valence-electron chi connectivity index (χ3n) is 3.82. The van der Waals surface area contributed by atoms with Crippen molar-refractivity contribution in [2.24, 2.45) is 0 Å². The van der Waals surface area contributed by atoms with Gasteiger partial charge in [-0.3, -0.25) is 0 Å². The predicted molar refractivity (Wildman–Crippen MR) is 100 cm³/mol. The van der Waals surface area contributed by atoms with Gasteiger partial charge in [-0.1, -0.05) is 40.2 Å². The summed E-state index contributed by atoms with van der Waals surface area (Å²) < 4.78 is 94.7. The first-order valence-corrected chi connectivity index (χ1v) is 8.87. The first kappa shape index (κ1) is 23.3. The van der Waals surface area contributed by atoms with Crippen molar-refractivity contribution in [3.63, 3.8) is 0 Å². The number of benzene rings is 2. The van der Waals surface area contributed by atoms with Crippen LogP contribution in [0, 0.1) is 0 Å². The van der Waals surface area contributed by atoms with Gasteiger partial charge in [-0.2, -0.15) is 26.3 Å². The lowest BCUT2D eigenvalue weighted by atomic mass is 9.95. The van der Waals surface area contributed by atoms with Crippen LogP contribution < -0.4 is 0 Å². The summed E-state index contributed by atoms with van der Waals surface area (Å²) in [4.78, 5) is 0. The van der Waals surface area contributed by atoms with E-state index >= 15 is 0 Å². The molecule has 1 nitrogen and oxygen atoms in total. The van der Waals surface area contributed by atoms with Crippen LogP contribution in [0.5, 0.6) is 0 Å². The molecule has 0 spiro atoms. The van der Waals surface area contributed by atoms with Gasteiger partial charge in [-0.05, 0) is 42.0 Å². The van der Waals surface area contributed by atoms with E-state index in [-0.39, 0.29) is 15.6 Å². The molecule has 0 saturated carbocycles. The summed E-state index contributed by atoms with van der Waals surface area (Å²) in [7, 11) is 0. The van der Waals surface area contributed by atoms with Crippen molar-refractivity contribution in [1.82, 2.24) is 0 Å². The summed E-state index contributed by atoms with van der Waals surface area (Å²) >= 11 is 8.74. The van der Waals surface area contributed by atoms with E-state index in [4.69, 9.17) is 11.6 Å². The number of rotatable bonds is 4. The second-order valence-electron chi connectivity index (χ2n) is 5.94. The normalized spacial score (nSPS) is 14.0. The maximum Gasteiger partial charge on any atom is 0.417 e. The van der Waals surface area contributed by atoms with Gasteiger partial charge in [0.25, 0.3) is 0 Å². The molecule has 0 aliphatic carbocycles. The number of alkyl halides is 6. The molecule has 0 bridgehead atoms. The molecule has 0 aromatic heterocycles. The van der Waals surface area contributed by atoms with Gasteiger partial charge in [-0.25, -0.2) is 4.39 Å². The SMILES string of the molecule is C=C(O)c1ccc(/C(F)=C/C(c2cc(Cl)cc(Br)c2)C(F)(F)F)cc1C(F)(F)F. The Hall–Kier alpha value is -2.00. The minimum Gasteiger partial charge on any atom is -0.508 e. The summed E-state index contributed by atoms with van der Waals surface area (Å²) in [5.74, 6) is -4.89. The predicted octanol–water partition coefficient (Wildman–Crippen LogP) is 8.31. The molecule has 1 atom stereocenters. The highest BCUT2D eigenvalue weighted by Gasteiger charge is 2.40. The smallest absolute Gasteiger partial charge is 0.417 e. The average Bonchev–Trinajstić information content (AvgIpc) is 2.56. The summed E-state index contributed by atoms with van der Waals surface area (Å²) in [6.45, 7) is 2.99. The van der Waals surface area contributed by atoms with Crippen molar-refractivity contribution < 1.29 is 35.8 Å². The fraction of sp³-hybridized carbons (Fsp3) is 0.158. The number of allylic oxidation sites excluding steroid dienone is 1. The molecule has 0 radical (unpaired) electrons. The minimum absolute atomic E-state index is 0.0393. The summed E-state index contributed by atoms with van der Waals surface area (Å²) in [5, 5.41) is 9.24. The number of hydrogen-bond acceptors (Lipinski definition) is 1. The Bertz CT molecular complexity index is 944. The minimum atomic E-state index is -4.99. The Labute approximate surface area is 174 Å². The Morgan fingerprint density at radius 2 is 1.69 bits per heavy atom. The largest absolute Gasteiger partial charge is 0.508 e. The van der Waals surface area contributed by atoms with Crippen LogP contribution in [0.2, 0.25) is 5.02 Å². The molecule has 0 heterocycles. The van der Waals surface area contributed by atoms with Gasteiger partial charge < -0.3 is 5.11 Å². The topological polar surface area (TPSA) is 20.2 Å². The van der Waals surface area contributed by atoms with Gasteiger partial charge in [0.2, 0.25) is 0 Å². The van der Waals surface area contributed by atoms with Crippen molar-refractivity contribution in [1.29, 1.82) is 0 Å². The molecule has 0 amide bonds. The van der Waals surface area contributed by atoms with Crippen molar-refractivity contribution in [3.05, 3.63) is 80.8 Å². The zero-order valence-corrected chi connectivity index (χ0v) is 16.5. The third kappa shape index (κ3) is 5.76. The summed E-state index contributed by atoms with van der Waals surface area (Å²) in [6.07, 6.45) is -9.76. The van der Waals surface area contributed by atoms with Crippen LogP contribution in [0.15, 0.2) is 53.5 Å². The highest BCUT2D eigenvalue weighted by Crippen LogP contribution is 2.41. The molecular formula is C19H11BrClF7O. The van der Waals surface area contributed by atoms with Gasteiger partial charge in [0.05, 0.1) is 5.56 Å². The maximum absolute atomic E-state index is 14.6. The standard InChI is InChI=1S/C19H11BrClF7O/c1-9(29)14-3-2-10(6-16(14)19(26,27)28)17(22)8-15(18(23,24)25)11-4-12(20)7-13(21)5-11/h2-8,15,29H,1H2/b17-8-.